The summed E-state index contributed by atoms with van der Waals surface area (Å²) in [6.07, 6.45) is -1.11. The van der Waals surface area contributed by atoms with Crippen molar-refractivity contribution >= 4 is 11.6 Å². The van der Waals surface area contributed by atoms with Crippen LogP contribution >= 0.6 is 0 Å². The zero-order chi connectivity index (χ0) is 15.0. The molecule has 0 bridgehead atoms. The number of rotatable bonds is 2. The van der Waals surface area contributed by atoms with E-state index in [1.54, 1.807) is 6.07 Å². The Morgan fingerprint density at radius 2 is 2.14 bits per heavy atom. The van der Waals surface area contributed by atoms with Gasteiger partial charge in [0, 0.05) is 17.8 Å². The van der Waals surface area contributed by atoms with Crippen molar-refractivity contribution in [3.05, 3.63) is 18.1 Å². The SMILES string of the molecule is Cc1cc(N[C@H]2CCC[C@@H](C(F)(F)F)C2)n2ncnc2n1. The van der Waals surface area contributed by atoms with Crippen molar-refractivity contribution in [2.24, 2.45) is 5.92 Å². The first-order valence-electron chi connectivity index (χ1n) is 6.94. The van der Waals surface area contributed by atoms with Crippen molar-refractivity contribution in [2.45, 2.75) is 44.8 Å². The van der Waals surface area contributed by atoms with E-state index in [2.05, 4.69) is 20.4 Å². The van der Waals surface area contributed by atoms with Crippen LogP contribution in [0, 0.1) is 12.8 Å². The molecule has 1 N–H and O–H groups in total. The lowest BCUT2D eigenvalue weighted by atomic mass is 9.85. The molecule has 0 aromatic carbocycles. The van der Waals surface area contributed by atoms with Crippen molar-refractivity contribution in [3.63, 3.8) is 0 Å². The molecule has 1 saturated carbocycles. The Balaban J connectivity index is 1.80. The molecule has 1 aliphatic carbocycles. The Bertz CT molecular complexity index is 636. The van der Waals surface area contributed by atoms with Crippen molar-refractivity contribution in [3.8, 4) is 0 Å². The van der Waals surface area contributed by atoms with Crippen molar-refractivity contribution in [2.75, 3.05) is 5.32 Å². The van der Waals surface area contributed by atoms with Gasteiger partial charge in [-0.15, -0.1) is 0 Å². The molecule has 3 rings (SSSR count). The number of hydrogen-bond acceptors (Lipinski definition) is 4. The first kappa shape index (κ1) is 14.1. The highest BCUT2D eigenvalue weighted by molar-refractivity contribution is 5.45. The van der Waals surface area contributed by atoms with Gasteiger partial charge in [-0.05, 0) is 26.2 Å². The summed E-state index contributed by atoms with van der Waals surface area (Å²) < 4.78 is 40.1. The minimum atomic E-state index is -4.11. The van der Waals surface area contributed by atoms with Gasteiger partial charge in [-0.25, -0.2) is 4.98 Å². The van der Waals surface area contributed by atoms with E-state index < -0.39 is 12.1 Å². The molecule has 0 aliphatic heterocycles. The van der Waals surface area contributed by atoms with Crippen LogP contribution in [0.4, 0.5) is 19.0 Å². The lowest BCUT2D eigenvalue weighted by Crippen LogP contribution is -2.35. The largest absolute Gasteiger partial charge is 0.391 e. The Hall–Kier alpha value is -1.86. The molecule has 0 saturated heterocycles. The minimum Gasteiger partial charge on any atom is -0.367 e. The Morgan fingerprint density at radius 3 is 2.90 bits per heavy atom. The summed E-state index contributed by atoms with van der Waals surface area (Å²) in [5, 5.41) is 7.22. The standard InChI is InChI=1S/C13H16F3N5/c1-8-5-11(21-12(19-8)17-7-18-21)20-10-4-2-3-9(6-10)13(14,15)16/h5,7,9-10,20H,2-4,6H2,1H3/t9-,10+/m1/s1. The van der Waals surface area contributed by atoms with E-state index in [1.165, 1.54) is 10.8 Å². The molecule has 21 heavy (non-hydrogen) atoms. The van der Waals surface area contributed by atoms with Gasteiger partial charge >= 0.3 is 6.18 Å². The summed E-state index contributed by atoms with van der Waals surface area (Å²) in [5.74, 6) is -0.138. The Labute approximate surface area is 119 Å². The van der Waals surface area contributed by atoms with Crippen LogP contribution in [0.15, 0.2) is 12.4 Å². The predicted molar refractivity (Wildman–Crippen MR) is 70.9 cm³/mol. The van der Waals surface area contributed by atoms with Gasteiger partial charge in [-0.1, -0.05) is 6.42 Å². The molecule has 2 aromatic heterocycles. The second kappa shape index (κ2) is 5.16. The van der Waals surface area contributed by atoms with E-state index >= 15 is 0 Å². The molecule has 2 heterocycles. The van der Waals surface area contributed by atoms with Crippen LogP contribution in [0.5, 0.6) is 0 Å². The molecule has 8 heteroatoms. The van der Waals surface area contributed by atoms with Crippen LogP contribution in [0.25, 0.3) is 5.78 Å². The minimum absolute atomic E-state index is 0.0983. The fourth-order valence-corrected chi connectivity index (χ4v) is 2.86. The van der Waals surface area contributed by atoms with Gasteiger partial charge in [-0.3, -0.25) is 0 Å². The lowest BCUT2D eigenvalue weighted by molar-refractivity contribution is -0.182. The molecule has 0 amide bonds. The molecule has 5 nitrogen and oxygen atoms in total. The van der Waals surface area contributed by atoms with Crippen molar-refractivity contribution < 1.29 is 13.2 Å². The summed E-state index contributed by atoms with van der Waals surface area (Å²) >= 11 is 0. The van der Waals surface area contributed by atoms with E-state index in [1.807, 2.05) is 6.92 Å². The van der Waals surface area contributed by atoms with Crippen LogP contribution in [-0.4, -0.2) is 31.8 Å². The highest BCUT2D eigenvalue weighted by atomic mass is 19.4. The third-order valence-electron chi connectivity index (χ3n) is 3.87. The highest BCUT2D eigenvalue weighted by Crippen LogP contribution is 2.38. The summed E-state index contributed by atoms with van der Waals surface area (Å²) in [5.41, 5.74) is 0.751. The van der Waals surface area contributed by atoms with Crippen LogP contribution in [0.3, 0.4) is 0 Å². The van der Waals surface area contributed by atoms with Crippen LogP contribution in [-0.2, 0) is 0 Å². The monoisotopic (exact) mass is 299 g/mol. The first-order valence-corrected chi connectivity index (χ1v) is 6.94. The highest BCUT2D eigenvalue weighted by Gasteiger charge is 2.42. The molecule has 2 atom stereocenters. The van der Waals surface area contributed by atoms with E-state index in [4.69, 9.17) is 0 Å². The van der Waals surface area contributed by atoms with E-state index in [9.17, 15) is 13.2 Å². The lowest BCUT2D eigenvalue weighted by Gasteiger charge is -2.31. The van der Waals surface area contributed by atoms with Gasteiger partial charge in [0.05, 0.1) is 5.92 Å². The van der Waals surface area contributed by atoms with Crippen LogP contribution in [0.2, 0.25) is 0 Å². The third-order valence-corrected chi connectivity index (χ3v) is 3.87. The number of halogens is 3. The second-order valence-corrected chi connectivity index (χ2v) is 5.50. The maximum atomic E-state index is 12.9. The number of nitrogens with zero attached hydrogens (tertiary/aromatic N) is 4. The number of hydrogen-bond donors (Lipinski definition) is 1. The summed E-state index contributed by atoms with van der Waals surface area (Å²) in [6.45, 7) is 1.82. The van der Waals surface area contributed by atoms with Gasteiger partial charge in [0.15, 0.2) is 0 Å². The molecule has 0 spiro atoms. The van der Waals surface area contributed by atoms with E-state index in [-0.39, 0.29) is 18.9 Å². The first-order chi connectivity index (χ1) is 9.93. The van der Waals surface area contributed by atoms with E-state index in [0.29, 0.717) is 18.0 Å². The smallest absolute Gasteiger partial charge is 0.367 e. The summed E-state index contributed by atoms with van der Waals surface area (Å²) in [7, 11) is 0. The van der Waals surface area contributed by atoms with Gasteiger partial charge in [0.2, 0.25) is 0 Å². The normalized spacial score (nSPS) is 23.4. The molecular weight excluding hydrogens is 283 g/mol. The van der Waals surface area contributed by atoms with Crippen molar-refractivity contribution in [1.82, 2.24) is 19.6 Å². The van der Waals surface area contributed by atoms with Gasteiger partial charge in [0.25, 0.3) is 5.78 Å². The van der Waals surface area contributed by atoms with Crippen molar-refractivity contribution in [1.29, 1.82) is 0 Å². The molecular formula is C13H16F3N5. The maximum absolute atomic E-state index is 12.9. The van der Waals surface area contributed by atoms with Crippen LogP contribution < -0.4 is 5.32 Å². The molecule has 1 fully saturated rings. The number of nitrogens with one attached hydrogen (secondary N) is 1. The number of aryl methyl sites for hydroxylation is 1. The molecule has 0 unspecified atom stereocenters. The average molecular weight is 299 g/mol. The third kappa shape index (κ3) is 2.93. The second-order valence-electron chi connectivity index (χ2n) is 5.50. The predicted octanol–water partition coefficient (Wildman–Crippen LogP) is 2.97. The summed E-state index contributed by atoms with van der Waals surface area (Å²) in [4.78, 5) is 8.22. The molecule has 2 aromatic rings. The van der Waals surface area contributed by atoms with Gasteiger partial charge in [0.1, 0.15) is 12.1 Å². The fourth-order valence-electron chi connectivity index (χ4n) is 2.86. The Morgan fingerprint density at radius 1 is 1.33 bits per heavy atom. The Kier molecular flexibility index (Phi) is 3.46. The molecule has 1 aliphatic rings. The van der Waals surface area contributed by atoms with Gasteiger partial charge < -0.3 is 5.32 Å². The maximum Gasteiger partial charge on any atom is 0.391 e. The number of alkyl halides is 3. The van der Waals surface area contributed by atoms with E-state index in [0.717, 1.165) is 12.1 Å². The van der Waals surface area contributed by atoms with Gasteiger partial charge in [-0.2, -0.15) is 27.8 Å². The zero-order valence-electron chi connectivity index (χ0n) is 11.6. The molecule has 114 valence electrons. The zero-order valence-corrected chi connectivity index (χ0v) is 11.6. The number of aromatic nitrogens is 4. The quantitative estimate of drug-likeness (QED) is 0.926. The number of fused-ring (bicyclic) bond motifs is 1. The summed E-state index contributed by atoms with van der Waals surface area (Å²) in [6, 6.07) is 1.57. The average Bonchev–Trinajstić information content (AvgIpc) is 2.86. The van der Waals surface area contributed by atoms with Crippen LogP contribution in [0.1, 0.15) is 31.4 Å². The number of anilines is 1. The molecule has 0 radical (unpaired) electrons. The topological polar surface area (TPSA) is 55.1 Å². The fraction of sp³-hybridized carbons (Fsp3) is 0.615.